The summed E-state index contributed by atoms with van der Waals surface area (Å²) in [6.07, 6.45) is 3.81. The zero-order chi connectivity index (χ0) is 17.8. The molecule has 1 amide bonds. The second-order valence-electron chi connectivity index (χ2n) is 5.99. The molecule has 0 bridgehead atoms. The maximum Gasteiger partial charge on any atom is 0.223 e. The van der Waals surface area contributed by atoms with Gasteiger partial charge in [0, 0.05) is 17.8 Å². The summed E-state index contributed by atoms with van der Waals surface area (Å²) in [5.74, 6) is 1.60. The largest absolute Gasteiger partial charge is 0.493 e. The topological polar surface area (TPSA) is 38.8 Å². The quantitative estimate of drug-likeness (QED) is 0.727. The summed E-state index contributed by atoms with van der Waals surface area (Å²) < 4.78 is 10.9. The molecule has 0 aliphatic carbocycles. The normalized spacial score (nSPS) is 16.2. The Morgan fingerprint density at radius 3 is 2.76 bits per heavy atom. The van der Waals surface area contributed by atoms with Crippen LogP contribution in [0.1, 0.15) is 34.9 Å². The first-order valence-electron chi connectivity index (χ1n) is 8.38. The average Bonchev–Trinajstić information content (AvgIpc) is 3.18. The van der Waals surface area contributed by atoms with Crippen LogP contribution in [0.25, 0.3) is 0 Å². The number of hydrogen-bond acceptors (Lipinski definition) is 4. The van der Waals surface area contributed by atoms with E-state index in [4.69, 9.17) is 9.47 Å². The number of nitrogens with zero attached hydrogens (tertiary/aromatic N) is 1. The Kier molecular flexibility index (Phi) is 5.43. The number of amides is 1. The highest BCUT2D eigenvalue weighted by Gasteiger charge is 2.33. The van der Waals surface area contributed by atoms with Crippen molar-refractivity contribution in [3.05, 3.63) is 58.3 Å². The van der Waals surface area contributed by atoms with Crippen LogP contribution in [-0.2, 0) is 11.2 Å². The lowest BCUT2D eigenvalue weighted by Crippen LogP contribution is -2.40. The van der Waals surface area contributed by atoms with Gasteiger partial charge in [0.2, 0.25) is 5.91 Å². The van der Waals surface area contributed by atoms with E-state index in [2.05, 4.69) is 18.0 Å². The van der Waals surface area contributed by atoms with Crippen molar-refractivity contribution < 1.29 is 14.3 Å². The van der Waals surface area contributed by atoms with Crippen molar-refractivity contribution in [3.8, 4) is 11.5 Å². The Hall–Kier alpha value is -2.27. The highest BCUT2D eigenvalue weighted by atomic mass is 32.1. The van der Waals surface area contributed by atoms with E-state index in [1.54, 1.807) is 31.6 Å². The number of carbonyl (C=O) groups is 1. The third-order valence-corrected chi connectivity index (χ3v) is 5.49. The van der Waals surface area contributed by atoms with Gasteiger partial charge in [-0.1, -0.05) is 12.1 Å². The van der Waals surface area contributed by atoms with E-state index in [1.807, 2.05) is 23.1 Å². The van der Waals surface area contributed by atoms with Gasteiger partial charge in [0.25, 0.3) is 0 Å². The van der Waals surface area contributed by atoms with Gasteiger partial charge in [-0.05, 0) is 47.5 Å². The van der Waals surface area contributed by atoms with Gasteiger partial charge in [0.05, 0.1) is 20.3 Å². The number of methoxy groups -OCH3 is 2. The van der Waals surface area contributed by atoms with Crippen LogP contribution in [-0.4, -0.2) is 31.6 Å². The molecule has 132 valence electrons. The van der Waals surface area contributed by atoms with Crippen molar-refractivity contribution in [2.24, 2.45) is 0 Å². The van der Waals surface area contributed by atoms with Crippen molar-refractivity contribution in [1.29, 1.82) is 0 Å². The highest BCUT2D eigenvalue weighted by molar-refractivity contribution is 7.10. The molecule has 3 rings (SSSR count). The second kappa shape index (κ2) is 7.74. The van der Waals surface area contributed by atoms with Crippen molar-refractivity contribution in [3.63, 3.8) is 0 Å². The zero-order valence-electron chi connectivity index (χ0n) is 14.7. The van der Waals surface area contributed by atoms with Gasteiger partial charge in [0.15, 0.2) is 11.5 Å². The maximum atomic E-state index is 12.8. The molecule has 1 aromatic heterocycles. The van der Waals surface area contributed by atoms with Crippen molar-refractivity contribution in [2.75, 3.05) is 20.8 Å². The smallest absolute Gasteiger partial charge is 0.223 e. The maximum absolute atomic E-state index is 12.8. The fourth-order valence-corrected chi connectivity index (χ4v) is 4.19. The zero-order valence-corrected chi connectivity index (χ0v) is 15.5. The van der Waals surface area contributed by atoms with Crippen molar-refractivity contribution in [2.45, 2.75) is 25.3 Å². The molecule has 2 heterocycles. The average molecular weight is 357 g/mol. The van der Waals surface area contributed by atoms with E-state index in [9.17, 15) is 4.79 Å². The van der Waals surface area contributed by atoms with Crippen LogP contribution in [0.3, 0.4) is 0 Å². The van der Waals surface area contributed by atoms with E-state index >= 15 is 0 Å². The molecule has 0 N–H and O–H groups in total. The van der Waals surface area contributed by atoms with Gasteiger partial charge in [-0.2, -0.15) is 0 Å². The fourth-order valence-electron chi connectivity index (χ4n) is 3.34. The number of benzene rings is 1. The molecule has 2 aromatic rings. The molecule has 4 nitrogen and oxygen atoms in total. The monoisotopic (exact) mass is 357 g/mol. The van der Waals surface area contributed by atoms with Gasteiger partial charge in [-0.15, -0.1) is 17.9 Å². The molecule has 1 aliphatic rings. The number of carbonyl (C=O) groups excluding carboxylic acids is 1. The molecule has 1 unspecified atom stereocenters. The first-order chi connectivity index (χ1) is 12.2. The fraction of sp³-hybridized carbons (Fsp3) is 0.350. The van der Waals surface area contributed by atoms with Crippen molar-refractivity contribution in [1.82, 2.24) is 4.90 Å². The van der Waals surface area contributed by atoms with Gasteiger partial charge < -0.3 is 14.4 Å². The summed E-state index contributed by atoms with van der Waals surface area (Å²) in [6.45, 7) is 4.43. The van der Waals surface area contributed by atoms with Crippen LogP contribution in [0, 0.1) is 0 Å². The van der Waals surface area contributed by atoms with Gasteiger partial charge in [-0.25, -0.2) is 0 Å². The number of allylic oxidation sites excluding steroid dienone is 1. The van der Waals surface area contributed by atoms with Crippen LogP contribution >= 0.6 is 11.3 Å². The summed E-state index contributed by atoms with van der Waals surface area (Å²) in [5, 5.41) is 2.05. The summed E-state index contributed by atoms with van der Waals surface area (Å²) in [5.41, 5.74) is 2.34. The predicted molar refractivity (Wildman–Crippen MR) is 101 cm³/mol. The molecule has 1 aromatic carbocycles. The number of thiophene rings is 1. The molecule has 1 aliphatic heterocycles. The molecule has 0 radical (unpaired) electrons. The van der Waals surface area contributed by atoms with Gasteiger partial charge in [-0.3, -0.25) is 4.79 Å². The minimum Gasteiger partial charge on any atom is -0.493 e. The Bertz CT molecular complexity index is 755. The molecule has 0 fully saturated rings. The molecule has 0 spiro atoms. The van der Waals surface area contributed by atoms with Gasteiger partial charge in [0.1, 0.15) is 0 Å². The van der Waals surface area contributed by atoms with E-state index in [-0.39, 0.29) is 11.9 Å². The lowest BCUT2D eigenvalue weighted by atomic mass is 9.90. The highest BCUT2D eigenvalue weighted by Crippen LogP contribution is 2.42. The minimum absolute atomic E-state index is 0.0686. The molecule has 0 saturated carbocycles. The molecule has 0 saturated heterocycles. The van der Waals surface area contributed by atoms with Gasteiger partial charge >= 0.3 is 0 Å². The first-order valence-corrected chi connectivity index (χ1v) is 9.26. The number of ether oxygens (including phenoxy) is 2. The summed E-state index contributed by atoms with van der Waals surface area (Å²) in [7, 11) is 3.29. The van der Waals surface area contributed by atoms with E-state index in [0.29, 0.717) is 25.1 Å². The third-order valence-electron chi connectivity index (χ3n) is 4.57. The standard InChI is InChI=1S/C20H23NO3S/c1-4-5-8-19(22)21-10-9-14-12-16(23-2)17(24-3)13-15(14)20(21)18-7-6-11-25-18/h4,6-7,11-13,20H,1,5,8-10H2,2-3H3. The Labute approximate surface area is 152 Å². The molecule has 1 atom stereocenters. The first kappa shape index (κ1) is 17.5. The number of hydrogen-bond donors (Lipinski definition) is 0. The Morgan fingerprint density at radius 1 is 1.36 bits per heavy atom. The van der Waals surface area contributed by atoms with E-state index < -0.39 is 0 Å². The summed E-state index contributed by atoms with van der Waals surface area (Å²) >= 11 is 1.68. The molecule has 25 heavy (non-hydrogen) atoms. The molecule has 5 heteroatoms. The lowest BCUT2D eigenvalue weighted by molar-refractivity contribution is -0.133. The van der Waals surface area contributed by atoms with Crippen LogP contribution < -0.4 is 9.47 Å². The van der Waals surface area contributed by atoms with Crippen LogP contribution in [0.2, 0.25) is 0 Å². The molecular formula is C20H23NO3S. The van der Waals surface area contributed by atoms with Crippen molar-refractivity contribution >= 4 is 17.2 Å². The Morgan fingerprint density at radius 2 is 2.12 bits per heavy atom. The van der Waals surface area contributed by atoms with Crippen LogP contribution in [0.4, 0.5) is 0 Å². The minimum atomic E-state index is -0.0686. The van der Waals surface area contributed by atoms with E-state index in [0.717, 1.165) is 17.7 Å². The number of fused-ring (bicyclic) bond motifs is 1. The summed E-state index contributed by atoms with van der Waals surface area (Å²) in [6, 6.07) is 8.11. The predicted octanol–water partition coefficient (Wildman–Crippen LogP) is 4.21. The van der Waals surface area contributed by atoms with Crippen LogP contribution in [0.5, 0.6) is 11.5 Å². The number of rotatable bonds is 6. The van der Waals surface area contributed by atoms with Crippen LogP contribution in [0.15, 0.2) is 42.3 Å². The SMILES string of the molecule is C=CCCC(=O)N1CCc2cc(OC)c(OC)cc2C1c1cccs1. The van der Waals surface area contributed by atoms with E-state index in [1.165, 1.54) is 10.4 Å². The lowest BCUT2D eigenvalue weighted by Gasteiger charge is -2.37. The Balaban J connectivity index is 2.06. The second-order valence-corrected chi connectivity index (χ2v) is 6.97. The third kappa shape index (κ3) is 3.42. The summed E-state index contributed by atoms with van der Waals surface area (Å²) in [4.78, 5) is 15.9. The molecular weight excluding hydrogens is 334 g/mol.